The maximum Gasteiger partial charge on any atom is 0.280 e. The van der Waals surface area contributed by atoms with Gasteiger partial charge in [0.1, 0.15) is 5.52 Å². The van der Waals surface area contributed by atoms with Crippen LogP contribution in [-0.2, 0) is 6.54 Å². The zero-order chi connectivity index (χ0) is 23.2. The van der Waals surface area contributed by atoms with Gasteiger partial charge >= 0.3 is 0 Å². The Bertz CT molecular complexity index is 1610. The highest BCUT2D eigenvalue weighted by Gasteiger charge is 2.18. The first-order valence-electron chi connectivity index (χ1n) is 11.0. The molecular weight excluding hydrogens is 454 g/mol. The molecule has 1 aliphatic heterocycles. The summed E-state index contributed by atoms with van der Waals surface area (Å²) in [4.78, 5) is 13.3. The van der Waals surface area contributed by atoms with Crippen molar-refractivity contribution in [1.29, 1.82) is 0 Å². The molecule has 0 saturated heterocycles. The fraction of sp³-hybridized carbons (Fsp3) is 0.200. The molecule has 8 nitrogen and oxygen atoms in total. The van der Waals surface area contributed by atoms with E-state index < -0.39 is 0 Å². The first-order valence-corrected chi connectivity index (χ1v) is 11.4. The SMILES string of the molecule is Cc1nn2c(nnc3c(=O)n(Cc4ccc5c(c4)OCCCO5)ccc32)c1-c1ccc(Cl)cc1. The third kappa shape index (κ3) is 3.47. The van der Waals surface area contributed by atoms with Crippen LogP contribution >= 0.6 is 11.6 Å². The Morgan fingerprint density at radius 2 is 1.79 bits per heavy atom. The van der Waals surface area contributed by atoms with Gasteiger partial charge in [0.25, 0.3) is 5.56 Å². The van der Waals surface area contributed by atoms with Crippen LogP contribution in [0.4, 0.5) is 0 Å². The number of aromatic nitrogens is 5. The van der Waals surface area contributed by atoms with Crippen molar-refractivity contribution in [3.05, 3.63) is 81.4 Å². The van der Waals surface area contributed by atoms with E-state index in [4.69, 9.17) is 21.1 Å². The third-order valence-electron chi connectivity index (χ3n) is 5.93. The number of ether oxygens (including phenoxy) is 2. The lowest BCUT2D eigenvalue weighted by atomic mass is 10.1. The fourth-order valence-corrected chi connectivity index (χ4v) is 4.40. The Morgan fingerprint density at radius 3 is 2.62 bits per heavy atom. The second kappa shape index (κ2) is 8.14. The maximum atomic E-state index is 13.3. The topological polar surface area (TPSA) is 83.5 Å². The molecule has 0 fully saturated rings. The summed E-state index contributed by atoms with van der Waals surface area (Å²) in [6.07, 6.45) is 2.60. The molecule has 170 valence electrons. The van der Waals surface area contributed by atoms with Crippen LogP contribution in [0.25, 0.3) is 27.8 Å². The van der Waals surface area contributed by atoms with E-state index in [-0.39, 0.29) is 11.1 Å². The molecule has 0 unspecified atom stereocenters. The first kappa shape index (κ1) is 20.7. The Kier molecular flexibility index (Phi) is 4.95. The maximum absolute atomic E-state index is 13.3. The van der Waals surface area contributed by atoms with Crippen molar-refractivity contribution in [2.75, 3.05) is 13.2 Å². The van der Waals surface area contributed by atoms with Gasteiger partial charge in [-0.05, 0) is 48.4 Å². The van der Waals surface area contributed by atoms with Crippen molar-refractivity contribution in [2.24, 2.45) is 0 Å². The Balaban J connectivity index is 1.41. The standard InChI is InChI=1S/C25H20ClN5O3/c1-15-22(17-4-6-18(26)7-5-17)24-28-27-23-19(31(24)29-15)9-10-30(25(23)32)14-16-3-8-20-21(13-16)34-12-2-11-33-20/h3-10,13H,2,11-12,14H2,1H3. The van der Waals surface area contributed by atoms with E-state index in [2.05, 4.69) is 15.3 Å². The van der Waals surface area contributed by atoms with Crippen LogP contribution < -0.4 is 15.0 Å². The highest BCUT2D eigenvalue weighted by Crippen LogP contribution is 2.31. The molecular formula is C25H20ClN5O3. The normalized spacial score (nSPS) is 13.4. The van der Waals surface area contributed by atoms with Crippen molar-refractivity contribution in [2.45, 2.75) is 19.9 Å². The summed E-state index contributed by atoms with van der Waals surface area (Å²) in [5, 5.41) is 14.0. The summed E-state index contributed by atoms with van der Waals surface area (Å²) in [5.74, 6) is 1.43. The molecule has 0 atom stereocenters. The number of hydrogen-bond acceptors (Lipinski definition) is 6. The molecule has 6 rings (SSSR count). The Hall–Kier alpha value is -3.91. The molecule has 4 heterocycles. The molecule has 5 aromatic rings. The average molecular weight is 474 g/mol. The molecule has 2 aromatic carbocycles. The first-order chi connectivity index (χ1) is 16.6. The number of pyridine rings is 1. The van der Waals surface area contributed by atoms with E-state index in [9.17, 15) is 4.79 Å². The molecule has 34 heavy (non-hydrogen) atoms. The monoisotopic (exact) mass is 473 g/mol. The molecule has 3 aromatic heterocycles. The Morgan fingerprint density at radius 1 is 1.00 bits per heavy atom. The number of hydrogen-bond donors (Lipinski definition) is 0. The summed E-state index contributed by atoms with van der Waals surface area (Å²) < 4.78 is 14.8. The van der Waals surface area contributed by atoms with Crippen LogP contribution in [0.1, 0.15) is 17.7 Å². The number of halogens is 1. The van der Waals surface area contributed by atoms with Gasteiger partial charge in [0, 0.05) is 17.6 Å². The number of benzene rings is 2. The predicted molar refractivity (Wildman–Crippen MR) is 129 cm³/mol. The van der Waals surface area contributed by atoms with Crippen molar-refractivity contribution in [1.82, 2.24) is 24.4 Å². The molecule has 0 radical (unpaired) electrons. The van der Waals surface area contributed by atoms with E-state index in [0.29, 0.717) is 41.7 Å². The van der Waals surface area contributed by atoms with E-state index in [1.165, 1.54) is 0 Å². The van der Waals surface area contributed by atoms with E-state index >= 15 is 0 Å². The lowest BCUT2D eigenvalue weighted by molar-refractivity contribution is 0.297. The van der Waals surface area contributed by atoms with E-state index in [0.717, 1.165) is 34.6 Å². The highest BCUT2D eigenvalue weighted by atomic mass is 35.5. The summed E-state index contributed by atoms with van der Waals surface area (Å²) in [6.45, 7) is 3.53. The summed E-state index contributed by atoms with van der Waals surface area (Å²) in [6, 6.07) is 15.1. The largest absolute Gasteiger partial charge is 0.490 e. The van der Waals surface area contributed by atoms with E-state index in [1.54, 1.807) is 15.3 Å². The zero-order valence-electron chi connectivity index (χ0n) is 18.4. The van der Waals surface area contributed by atoms with Crippen LogP contribution in [0.2, 0.25) is 5.02 Å². The second-order valence-electron chi connectivity index (χ2n) is 8.22. The van der Waals surface area contributed by atoms with Gasteiger partial charge in [-0.2, -0.15) is 5.10 Å². The molecule has 0 spiro atoms. The average Bonchev–Trinajstić information content (AvgIpc) is 3.01. The minimum atomic E-state index is -0.236. The summed E-state index contributed by atoms with van der Waals surface area (Å²) >= 11 is 6.04. The lowest BCUT2D eigenvalue weighted by Gasteiger charge is -2.11. The minimum Gasteiger partial charge on any atom is -0.490 e. The van der Waals surface area contributed by atoms with Gasteiger partial charge < -0.3 is 14.0 Å². The van der Waals surface area contributed by atoms with Crippen LogP contribution in [0.3, 0.4) is 0 Å². The lowest BCUT2D eigenvalue weighted by Crippen LogP contribution is -2.22. The van der Waals surface area contributed by atoms with Crippen LogP contribution in [0.15, 0.2) is 59.5 Å². The summed E-state index contributed by atoms with van der Waals surface area (Å²) in [7, 11) is 0. The number of nitrogens with zero attached hydrogens (tertiary/aromatic N) is 5. The van der Waals surface area contributed by atoms with Crippen molar-refractivity contribution >= 4 is 28.3 Å². The van der Waals surface area contributed by atoms with Crippen LogP contribution in [-0.4, -0.2) is 37.6 Å². The van der Waals surface area contributed by atoms with Crippen molar-refractivity contribution < 1.29 is 9.47 Å². The van der Waals surface area contributed by atoms with Crippen molar-refractivity contribution in [3.63, 3.8) is 0 Å². The van der Waals surface area contributed by atoms with Gasteiger partial charge in [0.15, 0.2) is 22.7 Å². The van der Waals surface area contributed by atoms with Gasteiger partial charge in [-0.15, -0.1) is 10.2 Å². The predicted octanol–water partition coefficient (Wildman–Crippen LogP) is 4.28. The molecule has 0 N–H and O–H groups in total. The van der Waals surface area contributed by atoms with Gasteiger partial charge in [-0.1, -0.05) is 29.8 Å². The minimum absolute atomic E-state index is 0.236. The quantitative estimate of drug-likeness (QED) is 0.389. The third-order valence-corrected chi connectivity index (χ3v) is 6.18. The molecule has 0 saturated carbocycles. The Labute approximate surface area is 199 Å². The van der Waals surface area contributed by atoms with Crippen LogP contribution in [0.5, 0.6) is 11.5 Å². The second-order valence-corrected chi connectivity index (χ2v) is 8.65. The highest BCUT2D eigenvalue weighted by molar-refractivity contribution is 6.30. The van der Waals surface area contributed by atoms with E-state index in [1.807, 2.05) is 55.5 Å². The van der Waals surface area contributed by atoms with Gasteiger partial charge in [0.2, 0.25) is 0 Å². The van der Waals surface area contributed by atoms with Gasteiger partial charge in [-0.3, -0.25) is 4.79 Å². The smallest absolute Gasteiger partial charge is 0.280 e. The summed E-state index contributed by atoms with van der Waals surface area (Å²) in [5.41, 5.74) is 4.74. The van der Waals surface area contributed by atoms with Gasteiger partial charge in [-0.25, -0.2) is 4.52 Å². The molecule has 9 heteroatoms. The molecule has 0 bridgehead atoms. The number of aryl methyl sites for hydroxylation is 1. The van der Waals surface area contributed by atoms with Crippen LogP contribution in [0, 0.1) is 6.92 Å². The fourth-order valence-electron chi connectivity index (χ4n) is 4.27. The van der Waals surface area contributed by atoms with Gasteiger partial charge in [0.05, 0.1) is 31.0 Å². The van der Waals surface area contributed by atoms with Crippen molar-refractivity contribution in [3.8, 4) is 22.6 Å². The molecule has 0 aliphatic carbocycles. The molecule has 1 aliphatic rings. The number of fused-ring (bicyclic) bond motifs is 4. The number of rotatable bonds is 3. The zero-order valence-corrected chi connectivity index (χ0v) is 19.1. The molecule has 0 amide bonds.